The molecule has 2 bridgehead atoms. The summed E-state index contributed by atoms with van der Waals surface area (Å²) in [6.07, 6.45) is 6.28. The molecule has 0 radical (unpaired) electrons. The minimum Gasteiger partial charge on any atom is -0.504 e. The molecule has 4 heteroatoms. The third-order valence-electron chi connectivity index (χ3n) is 6.70. The highest BCUT2D eigenvalue weighted by Crippen LogP contribution is 2.73. The molecule has 5 aliphatic rings. The molecule has 112 valence electrons. The Labute approximate surface area is 128 Å². The summed E-state index contributed by atoms with van der Waals surface area (Å²) >= 11 is 0. The Bertz CT molecular complexity index is 826. The summed E-state index contributed by atoms with van der Waals surface area (Å²) in [6, 6.07) is 4.37. The molecule has 4 nitrogen and oxygen atoms in total. The first-order chi connectivity index (χ1) is 10.6. The van der Waals surface area contributed by atoms with Gasteiger partial charge in [0.2, 0.25) is 0 Å². The molecular weight excluding hydrogens is 278 g/mol. The van der Waals surface area contributed by atoms with Crippen LogP contribution in [-0.4, -0.2) is 41.8 Å². The smallest absolute Gasteiger partial charge is 0.169 e. The van der Waals surface area contributed by atoms with Gasteiger partial charge in [0.05, 0.1) is 18.6 Å². The van der Waals surface area contributed by atoms with Crippen LogP contribution in [0.3, 0.4) is 0 Å². The van der Waals surface area contributed by atoms with Crippen molar-refractivity contribution in [2.45, 2.75) is 35.9 Å². The number of fused-ring (bicyclic) bond motifs is 1. The fourth-order valence-corrected chi connectivity index (χ4v) is 5.86. The van der Waals surface area contributed by atoms with Crippen LogP contribution < -0.4 is 4.74 Å². The van der Waals surface area contributed by atoms with E-state index in [-0.39, 0.29) is 22.8 Å². The normalized spacial score (nSPS) is 44.5. The summed E-state index contributed by atoms with van der Waals surface area (Å²) in [7, 11) is 3.93. The molecule has 1 N–H and O–H groups in total. The third kappa shape index (κ3) is 0.885. The molecule has 22 heavy (non-hydrogen) atoms. The Morgan fingerprint density at radius 1 is 1.36 bits per heavy atom. The molecule has 0 aromatic heterocycles. The van der Waals surface area contributed by atoms with Crippen molar-refractivity contribution in [1.29, 1.82) is 0 Å². The van der Waals surface area contributed by atoms with Crippen LogP contribution in [0.5, 0.6) is 11.5 Å². The van der Waals surface area contributed by atoms with Crippen molar-refractivity contribution < 1.29 is 14.6 Å². The van der Waals surface area contributed by atoms with Crippen molar-refractivity contribution in [3.05, 3.63) is 46.7 Å². The molecule has 5 unspecified atom stereocenters. The topological polar surface area (TPSA) is 41.7 Å². The number of benzene rings is 1. The number of methoxy groups -OCH3 is 1. The Morgan fingerprint density at radius 3 is 3.05 bits per heavy atom. The van der Waals surface area contributed by atoms with Gasteiger partial charge in [0.25, 0.3) is 0 Å². The zero-order chi connectivity index (χ0) is 14.9. The van der Waals surface area contributed by atoms with Gasteiger partial charge in [-0.3, -0.25) is 4.90 Å². The molecule has 1 aromatic rings. The predicted octanol–water partition coefficient (Wildman–Crippen LogP) is 1.87. The molecule has 1 saturated carbocycles. The minimum atomic E-state index is -0.127. The average molecular weight is 295 g/mol. The SMILES string of the molecule is COC1=CC=C2C3N(C)C34Cc3ccc(O)c5c3C2(C4)C1O5. The van der Waals surface area contributed by atoms with E-state index in [9.17, 15) is 5.11 Å². The highest BCUT2D eigenvalue weighted by molar-refractivity contribution is 5.71. The lowest BCUT2D eigenvalue weighted by Gasteiger charge is -2.41. The number of hydrogen-bond acceptors (Lipinski definition) is 4. The van der Waals surface area contributed by atoms with Gasteiger partial charge in [-0.2, -0.15) is 0 Å². The number of aromatic hydroxyl groups is 1. The van der Waals surface area contributed by atoms with E-state index in [0.717, 1.165) is 18.6 Å². The lowest BCUT2D eigenvalue weighted by Crippen LogP contribution is -2.47. The Morgan fingerprint density at radius 2 is 2.23 bits per heavy atom. The van der Waals surface area contributed by atoms with Crippen molar-refractivity contribution in [3.8, 4) is 11.5 Å². The first-order valence-corrected chi connectivity index (χ1v) is 7.85. The van der Waals surface area contributed by atoms with E-state index in [2.05, 4.69) is 30.2 Å². The average Bonchev–Trinajstić information content (AvgIpc) is 2.85. The quantitative estimate of drug-likeness (QED) is 0.803. The van der Waals surface area contributed by atoms with Gasteiger partial charge < -0.3 is 14.6 Å². The van der Waals surface area contributed by atoms with E-state index in [1.165, 1.54) is 16.7 Å². The van der Waals surface area contributed by atoms with Crippen LogP contribution in [0.25, 0.3) is 0 Å². The summed E-state index contributed by atoms with van der Waals surface area (Å²) in [5, 5.41) is 10.3. The summed E-state index contributed by atoms with van der Waals surface area (Å²) in [5.41, 5.74) is 4.12. The summed E-state index contributed by atoms with van der Waals surface area (Å²) in [5.74, 6) is 1.80. The number of ether oxygens (including phenoxy) is 2. The molecule has 3 aliphatic carbocycles. The maximum Gasteiger partial charge on any atom is 0.169 e. The van der Waals surface area contributed by atoms with E-state index in [1.54, 1.807) is 13.2 Å². The van der Waals surface area contributed by atoms with Gasteiger partial charge in [0, 0.05) is 11.1 Å². The van der Waals surface area contributed by atoms with Gasteiger partial charge in [0.1, 0.15) is 5.76 Å². The molecule has 1 aromatic carbocycles. The second-order valence-corrected chi connectivity index (χ2v) is 7.28. The molecular formula is C18H17NO3. The number of phenols is 1. The number of phenolic OH excluding ortho intramolecular Hbond substituents is 1. The van der Waals surface area contributed by atoms with Gasteiger partial charge in [-0.05, 0) is 43.2 Å². The van der Waals surface area contributed by atoms with Gasteiger partial charge in [-0.1, -0.05) is 12.1 Å². The zero-order valence-corrected chi connectivity index (χ0v) is 12.6. The lowest BCUT2D eigenvalue weighted by atomic mass is 9.64. The highest BCUT2D eigenvalue weighted by Gasteiger charge is 2.79. The predicted molar refractivity (Wildman–Crippen MR) is 80.0 cm³/mol. The van der Waals surface area contributed by atoms with Gasteiger partial charge in [0.15, 0.2) is 17.6 Å². The Kier molecular flexibility index (Phi) is 1.61. The molecule has 5 atom stereocenters. The monoisotopic (exact) mass is 295 g/mol. The number of allylic oxidation sites excluding steroid dienone is 2. The van der Waals surface area contributed by atoms with Crippen LogP contribution in [-0.2, 0) is 16.6 Å². The van der Waals surface area contributed by atoms with Crippen molar-refractivity contribution in [2.75, 3.05) is 14.2 Å². The molecule has 0 amide bonds. The second-order valence-electron chi connectivity index (χ2n) is 7.28. The molecule has 6 rings (SSSR count). The highest BCUT2D eigenvalue weighted by atomic mass is 16.5. The van der Waals surface area contributed by atoms with Crippen LogP contribution >= 0.6 is 0 Å². The first kappa shape index (κ1) is 11.6. The third-order valence-corrected chi connectivity index (χ3v) is 6.70. The Balaban J connectivity index is 1.72. The fourth-order valence-electron chi connectivity index (χ4n) is 5.86. The summed E-state index contributed by atoms with van der Waals surface area (Å²) in [6.45, 7) is 0. The van der Waals surface area contributed by atoms with Crippen LogP contribution in [0.4, 0.5) is 0 Å². The van der Waals surface area contributed by atoms with E-state index in [1.807, 2.05) is 0 Å². The van der Waals surface area contributed by atoms with Crippen molar-refractivity contribution >= 4 is 0 Å². The lowest BCUT2D eigenvalue weighted by molar-refractivity contribution is 0.105. The fraction of sp³-hybridized carbons (Fsp3) is 0.444. The van der Waals surface area contributed by atoms with E-state index < -0.39 is 0 Å². The van der Waals surface area contributed by atoms with Crippen molar-refractivity contribution in [3.63, 3.8) is 0 Å². The molecule has 2 spiro atoms. The largest absolute Gasteiger partial charge is 0.504 e. The maximum atomic E-state index is 10.3. The summed E-state index contributed by atoms with van der Waals surface area (Å²) in [4.78, 5) is 2.50. The van der Waals surface area contributed by atoms with E-state index in [0.29, 0.717) is 11.8 Å². The standard InChI is InChI=1S/C18H17NO3/c1-19-15-10-4-6-12(21-2)16-18(10)8-17(15,19)7-9-3-5-11(20)14(22-16)13(9)18/h3-6,15-16,20H,7-8H2,1-2H3. The van der Waals surface area contributed by atoms with Gasteiger partial charge in [-0.15, -0.1) is 0 Å². The zero-order valence-electron chi connectivity index (χ0n) is 12.6. The first-order valence-electron chi connectivity index (χ1n) is 7.85. The van der Waals surface area contributed by atoms with Crippen LogP contribution in [0.1, 0.15) is 17.5 Å². The number of likely N-dealkylation sites (tertiary alicyclic amines) is 1. The molecule has 2 aliphatic heterocycles. The molecule has 1 saturated heterocycles. The number of piperidine rings is 1. The molecule has 2 heterocycles. The van der Waals surface area contributed by atoms with Crippen LogP contribution in [0.2, 0.25) is 0 Å². The van der Waals surface area contributed by atoms with Crippen molar-refractivity contribution in [2.24, 2.45) is 0 Å². The number of likely N-dealkylation sites (N-methyl/N-ethyl adjacent to an activating group) is 1. The second kappa shape index (κ2) is 3.06. The van der Waals surface area contributed by atoms with E-state index in [4.69, 9.17) is 9.47 Å². The number of rotatable bonds is 1. The van der Waals surface area contributed by atoms with E-state index >= 15 is 0 Å². The summed E-state index contributed by atoms with van der Waals surface area (Å²) < 4.78 is 11.9. The number of hydrogen-bond donors (Lipinski definition) is 1. The van der Waals surface area contributed by atoms with Crippen LogP contribution in [0.15, 0.2) is 35.6 Å². The number of nitrogens with zero attached hydrogens (tertiary/aromatic N) is 1. The molecule has 2 fully saturated rings. The van der Waals surface area contributed by atoms with Gasteiger partial charge >= 0.3 is 0 Å². The van der Waals surface area contributed by atoms with Crippen LogP contribution in [0, 0.1) is 0 Å². The maximum absolute atomic E-state index is 10.3. The van der Waals surface area contributed by atoms with Crippen molar-refractivity contribution in [1.82, 2.24) is 4.90 Å². The van der Waals surface area contributed by atoms with Gasteiger partial charge in [-0.25, -0.2) is 0 Å². The Hall–Kier alpha value is -1.94. The minimum absolute atomic E-state index is 0.126.